The fourth-order valence-electron chi connectivity index (χ4n) is 1.83. The maximum atomic E-state index is 13.4. The summed E-state index contributed by atoms with van der Waals surface area (Å²) in [6.45, 7) is 4.92. The molecule has 0 spiro atoms. The average Bonchev–Trinajstić information content (AvgIpc) is 2.36. The third kappa shape index (κ3) is 3.54. The van der Waals surface area contributed by atoms with Crippen LogP contribution in [0.15, 0.2) is 30.9 Å². The molecule has 1 fully saturated rings. The number of rotatable bonds is 5. The molecule has 4 nitrogen and oxygen atoms in total. The smallest absolute Gasteiger partial charge is 0.317 e. The van der Waals surface area contributed by atoms with Gasteiger partial charge in [-0.1, -0.05) is 12.1 Å². The van der Waals surface area contributed by atoms with Crippen molar-refractivity contribution in [3.63, 3.8) is 0 Å². The monoisotopic (exact) mass is 282 g/mol. The van der Waals surface area contributed by atoms with Gasteiger partial charge in [0.1, 0.15) is 11.6 Å². The minimum absolute atomic E-state index is 0.0684. The normalized spacial score (nSPS) is 14.8. The average molecular weight is 282 g/mol. The van der Waals surface area contributed by atoms with Gasteiger partial charge in [-0.05, 0) is 6.07 Å². The Morgan fingerprint density at radius 1 is 1.50 bits per heavy atom. The molecule has 1 aliphatic heterocycles. The van der Waals surface area contributed by atoms with Gasteiger partial charge in [0.05, 0.1) is 25.8 Å². The first kappa shape index (κ1) is 14.5. The van der Waals surface area contributed by atoms with Crippen molar-refractivity contribution >= 4 is 6.03 Å². The van der Waals surface area contributed by atoms with Crippen molar-refractivity contribution < 1.29 is 18.3 Å². The van der Waals surface area contributed by atoms with Crippen LogP contribution in [-0.4, -0.2) is 36.7 Å². The molecule has 0 unspecified atom stereocenters. The van der Waals surface area contributed by atoms with Gasteiger partial charge in [0.2, 0.25) is 0 Å². The number of likely N-dealkylation sites (tertiary alicyclic amines) is 1. The number of carbonyl (C=O) groups is 1. The number of hydrogen-bond donors (Lipinski definition) is 1. The van der Waals surface area contributed by atoms with Crippen LogP contribution < -0.4 is 5.32 Å². The van der Waals surface area contributed by atoms with Crippen molar-refractivity contribution in [1.29, 1.82) is 0 Å². The topological polar surface area (TPSA) is 41.6 Å². The number of benzene rings is 1. The second-order valence-corrected chi connectivity index (χ2v) is 4.55. The highest BCUT2D eigenvalue weighted by Gasteiger charge is 2.31. The van der Waals surface area contributed by atoms with Crippen molar-refractivity contribution in [2.45, 2.75) is 12.7 Å². The van der Waals surface area contributed by atoms with Gasteiger partial charge in [-0.2, -0.15) is 0 Å². The molecule has 2 rings (SSSR count). The van der Waals surface area contributed by atoms with E-state index in [0.29, 0.717) is 25.2 Å². The van der Waals surface area contributed by atoms with E-state index >= 15 is 0 Å². The lowest BCUT2D eigenvalue weighted by Gasteiger charge is -2.38. The van der Waals surface area contributed by atoms with Crippen molar-refractivity contribution in [2.75, 3.05) is 19.6 Å². The second kappa shape index (κ2) is 6.47. The van der Waals surface area contributed by atoms with Gasteiger partial charge in [0.25, 0.3) is 0 Å². The van der Waals surface area contributed by atoms with Gasteiger partial charge in [-0.3, -0.25) is 0 Å². The number of nitrogens with one attached hydrogen (secondary N) is 1. The van der Waals surface area contributed by atoms with Crippen LogP contribution in [0, 0.1) is 11.6 Å². The largest absolute Gasteiger partial charge is 0.370 e. The summed E-state index contributed by atoms with van der Waals surface area (Å²) in [5, 5.41) is 2.66. The Balaban J connectivity index is 1.72. The van der Waals surface area contributed by atoms with E-state index in [4.69, 9.17) is 4.74 Å². The molecule has 1 aliphatic rings. The van der Waals surface area contributed by atoms with Crippen LogP contribution >= 0.6 is 0 Å². The quantitative estimate of drug-likeness (QED) is 0.840. The molecule has 2 amide bonds. The zero-order chi connectivity index (χ0) is 14.5. The summed E-state index contributed by atoms with van der Waals surface area (Å²) in [5.74, 6) is -1.23. The van der Waals surface area contributed by atoms with Gasteiger partial charge >= 0.3 is 6.03 Å². The lowest BCUT2D eigenvalue weighted by atomic mass is 10.1. The third-order valence-electron chi connectivity index (χ3n) is 3.02. The number of hydrogen-bond acceptors (Lipinski definition) is 2. The van der Waals surface area contributed by atoms with Gasteiger partial charge < -0.3 is 15.0 Å². The van der Waals surface area contributed by atoms with Gasteiger partial charge in [-0.25, -0.2) is 13.6 Å². The molecule has 6 heteroatoms. The van der Waals surface area contributed by atoms with Gasteiger partial charge in [-0.15, -0.1) is 6.58 Å². The maximum absolute atomic E-state index is 13.4. The minimum Gasteiger partial charge on any atom is -0.370 e. The highest BCUT2D eigenvalue weighted by atomic mass is 19.1. The molecule has 0 radical (unpaired) electrons. The Labute approximate surface area is 116 Å². The second-order valence-electron chi connectivity index (χ2n) is 4.55. The highest BCUT2D eigenvalue weighted by Crippen LogP contribution is 2.16. The summed E-state index contributed by atoms with van der Waals surface area (Å²) in [4.78, 5) is 13.1. The molecule has 0 aromatic heterocycles. The fourth-order valence-corrected chi connectivity index (χ4v) is 1.83. The molecule has 0 atom stereocenters. The number of ether oxygens (including phenoxy) is 1. The fraction of sp³-hybridized carbons (Fsp3) is 0.357. The van der Waals surface area contributed by atoms with Crippen LogP contribution in [0.1, 0.15) is 5.56 Å². The molecule has 0 saturated carbocycles. The molecular weight excluding hydrogens is 266 g/mol. The molecule has 0 aliphatic carbocycles. The highest BCUT2D eigenvalue weighted by molar-refractivity contribution is 5.75. The molecule has 1 saturated heterocycles. The molecular formula is C14H16F2N2O2. The molecule has 108 valence electrons. The summed E-state index contributed by atoms with van der Waals surface area (Å²) in [7, 11) is 0. The van der Waals surface area contributed by atoms with Crippen LogP contribution in [0.3, 0.4) is 0 Å². The van der Waals surface area contributed by atoms with Crippen molar-refractivity contribution in [3.05, 3.63) is 48.1 Å². The van der Waals surface area contributed by atoms with E-state index < -0.39 is 11.6 Å². The maximum Gasteiger partial charge on any atom is 0.317 e. The molecule has 1 heterocycles. The van der Waals surface area contributed by atoms with Crippen molar-refractivity contribution in [1.82, 2.24) is 10.2 Å². The van der Waals surface area contributed by atoms with E-state index in [1.165, 1.54) is 12.1 Å². The molecule has 1 N–H and O–H groups in total. The summed E-state index contributed by atoms with van der Waals surface area (Å²) in [6, 6.07) is 3.21. The van der Waals surface area contributed by atoms with E-state index in [9.17, 15) is 13.6 Å². The van der Waals surface area contributed by atoms with Crippen molar-refractivity contribution in [3.8, 4) is 0 Å². The van der Waals surface area contributed by atoms with Gasteiger partial charge in [0, 0.05) is 18.2 Å². The number of halogens is 2. The predicted molar refractivity (Wildman–Crippen MR) is 70.1 cm³/mol. The first-order valence-electron chi connectivity index (χ1n) is 6.29. The Kier molecular flexibility index (Phi) is 4.68. The molecule has 20 heavy (non-hydrogen) atoms. The number of amides is 2. The van der Waals surface area contributed by atoms with E-state index in [-0.39, 0.29) is 18.7 Å². The van der Waals surface area contributed by atoms with E-state index in [0.717, 1.165) is 6.07 Å². The van der Waals surface area contributed by atoms with Crippen LogP contribution in [0.2, 0.25) is 0 Å². The van der Waals surface area contributed by atoms with Crippen LogP contribution in [-0.2, 0) is 11.3 Å². The molecule has 1 aromatic carbocycles. The van der Waals surface area contributed by atoms with Crippen LogP contribution in [0.5, 0.6) is 0 Å². The van der Waals surface area contributed by atoms with E-state index in [1.807, 2.05) is 0 Å². The lowest BCUT2D eigenvalue weighted by molar-refractivity contribution is -0.0448. The summed E-state index contributed by atoms with van der Waals surface area (Å²) in [5.41, 5.74) is 0.306. The summed E-state index contributed by atoms with van der Waals surface area (Å²) in [6.07, 6.45) is 1.48. The van der Waals surface area contributed by atoms with Crippen LogP contribution in [0.25, 0.3) is 0 Å². The summed E-state index contributed by atoms with van der Waals surface area (Å²) < 4.78 is 31.6. The van der Waals surface area contributed by atoms with E-state index in [1.54, 1.807) is 11.0 Å². The third-order valence-corrected chi connectivity index (χ3v) is 3.02. The first-order chi connectivity index (χ1) is 9.60. The molecule has 0 bridgehead atoms. The Morgan fingerprint density at radius 3 is 2.90 bits per heavy atom. The van der Waals surface area contributed by atoms with E-state index in [2.05, 4.69) is 11.9 Å². The Bertz CT molecular complexity index is 502. The number of urea groups is 1. The zero-order valence-electron chi connectivity index (χ0n) is 10.9. The number of carbonyl (C=O) groups excluding carboxylic acids is 1. The Hall–Kier alpha value is -1.95. The minimum atomic E-state index is -0.620. The SMILES string of the molecule is C=CCNC(=O)N1CC(OCc2ccc(F)cc2F)C1. The zero-order valence-corrected chi connectivity index (χ0v) is 10.9. The van der Waals surface area contributed by atoms with Crippen LogP contribution in [0.4, 0.5) is 13.6 Å². The Morgan fingerprint density at radius 2 is 2.25 bits per heavy atom. The predicted octanol–water partition coefficient (Wildman–Crippen LogP) is 2.06. The molecule has 1 aromatic rings. The lowest BCUT2D eigenvalue weighted by Crippen LogP contribution is -2.57. The van der Waals surface area contributed by atoms with Gasteiger partial charge in [0.15, 0.2) is 0 Å². The standard InChI is InChI=1S/C14H16F2N2O2/c1-2-5-17-14(19)18-7-12(8-18)20-9-10-3-4-11(15)6-13(10)16/h2-4,6,12H,1,5,7-9H2,(H,17,19). The number of nitrogens with zero attached hydrogens (tertiary/aromatic N) is 1. The first-order valence-corrected chi connectivity index (χ1v) is 6.29. The van der Waals surface area contributed by atoms with Crippen molar-refractivity contribution in [2.24, 2.45) is 0 Å². The summed E-state index contributed by atoms with van der Waals surface area (Å²) >= 11 is 0.